The maximum atomic E-state index is 13.2. The summed E-state index contributed by atoms with van der Waals surface area (Å²) in [6.07, 6.45) is 0.288. The maximum Gasteiger partial charge on any atom is 0.270 e. The van der Waals surface area contributed by atoms with E-state index in [1.165, 1.54) is 35.2 Å². The van der Waals surface area contributed by atoms with Crippen LogP contribution in [0.1, 0.15) is 37.0 Å². The number of halogens is 1. The van der Waals surface area contributed by atoms with Crippen LogP contribution in [-0.2, 0) is 9.59 Å². The predicted octanol–water partition coefficient (Wildman–Crippen LogP) is 3.31. The summed E-state index contributed by atoms with van der Waals surface area (Å²) < 4.78 is 13.2. The van der Waals surface area contributed by atoms with Gasteiger partial charge in [0.2, 0.25) is 5.91 Å². The van der Waals surface area contributed by atoms with Gasteiger partial charge >= 0.3 is 0 Å². The van der Waals surface area contributed by atoms with Crippen LogP contribution in [0.15, 0.2) is 48.5 Å². The Balaban J connectivity index is 1.96. The molecule has 2 unspecified atom stereocenters. The smallest absolute Gasteiger partial charge is 0.270 e. The van der Waals surface area contributed by atoms with Crippen molar-refractivity contribution in [1.29, 1.82) is 0 Å². The largest absolute Gasteiger partial charge is 0.323 e. The molecule has 0 bridgehead atoms. The minimum absolute atomic E-state index is 0.0602. The van der Waals surface area contributed by atoms with E-state index in [2.05, 4.69) is 0 Å². The molecule has 1 aliphatic rings. The second-order valence-corrected chi connectivity index (χ2v) is 7.04. The molecule has 30 heavy (non-hydrogen) atoms. The SMILES string of the molecule is CCC(C)N(C(=O)c1cccc([N+](=O)[O-])c1)C1CC(=O)N(c2ccc(F)cc2)C1=O. The number of nitro benzene ring substituents is 1. The van der Waals surface area contributed by atoms with E-state index in [9.17, 15) is 28.9 Å². The number of non-ortho nitro benzene ring substituents is 1. The summed E-state index contributed by atoms with van der Waals surface area (Å²) in [5.41, 5.74) is 0.0393. The van der Waals surface area contributed by atoms with Crippen LogP contribution < -0.4 is 4.90 Å². The number of anilines is 1. The van der Waals surface area contributed by atoms with Gasteiger partial charge < -0.3 is 4.90 Å². The van der Waals surface area contributed by atoms with Crippen LogP contribution in [0, 0.1) is 15.9 Å². The molecular formula is C21H20FN3O5. The number of carbonyl (C=O) groups is 3. The summed E-state index contributed by atoms with van der Waals surface area (Å²) in [4.78, 5) is 51.6. The minimum Gasteiger partial charge on any atom is -0.323 e. The fraction of sp³-hybridized carbons (Fsp3) is 0.286. The lowest BCUT2D eigenvalue weighted by Gasteiger charge is -2.32. The first-order chi connectivity index (χ1) is 14.2. The molecule has 2 atom stereocenters. The summed E-state index contributed by atoms with van der Waals surface area (Å²) in [7, 11) is 0. The van der Waals surface area contributed by atoms with Crippen molar-refractivity contribution in [2.24, 2.45) is 0 Å². The summed E-state index contributed by atoms with van der Waals surface area (Å²) in [5, 5.41) is 11.1. The molecule has 0 aliphatic carbocycles. The fourth-order valence-corrected chi connectivity index (χ4v) is 3.44. The lowest BCUT2D eigenvalue weighted by Crippen LogP contribution is -2.49. The molecule has 0 N–H and O–H groups in total. The van der Waals surface area contributed by atoms with E-state index >= 15 is 0 Å². The van der Waals surface area contributed by atoms with Crippen LogP contribution in [0.5, 0.6) is 0 Å². The maximum absolute atomic E-state index is 13.2. The Bertz CT molecular complexity index is 1010. The zero-order valence-corrected chi connectivity index (χ0v) is 16.4. The Morgan fingerprint density at radius 1 is 1.27 bits per heavy atom. The number of hydrogen-bond acceptors (Lipinski definition) is 5. The highest BCUT2D eigenvalue weighted by Gasteiger charge is 2.45. The van der Waals surface area contributed by atoms with Crippen molar-refractivity contribution in [3.8, 4) is 0 Å². The Hall–Kier alpha value is -3.62. The number of rotatable bonds is 6. The van der Waals surface area contributed by atoms with Crippen LogP contribution >= 0.6 is 0 Å². The van der Waals surface area contributed by atoms with Crippen LogP contribution in [0.3, 0.4) is 0 Å². The molecular weight excluding hydrogens is 393 g/mol. The highest BCUT2D eigenvalue weighted by atomic mass is 19.1. The molecule has 1 aliphatic heterocycles. The summed E-state index contributed by atoms with van der Waals surface area (Å²) >= 11 is 0. The van der Waals surface area contributed by atoms with Gasteiger partial charge in [-0.1, -0.05) is 13.0 Å². The molecule has 8 nitrogen and oxygen atoms in total. The molecule has 1 heterocycles. The quantitative estimate of drug-likeness (QED) is 0.411. The van der Waals surface area contributed by atoms with E-state index in [1.807, 2.05) is 6.92 Å². The molecule has 0 aromatic heterocycles. The van der Waals surface area contributed by atoms with Gasteiger partial charge in [-0.2, -0.15) is 0 Å². The van der Waals surface area contributed by atoms with E-state index in [0.717, 1.165) is 23.1 Å². The van der Waals surface area contributed by atoms with Gasteiger partial charge in [0.15, 0.2) is 0 Å². The third kappa shape index (κ3) is 3.91. The molecule has 1 saturated heterocycles. The van der Waals surface area contributed by atoms with E-state index in [4.69, 9.17) is 0 Å². The molecule has 0 spiro atoms. The first-order valence-electron chi connectivity index (χ1n) is 9.44. The monoisotopic (exact) mass is 413 g/mol. The molecule has 1 fully saturated rings. The van der Waals surface area contributed by atoms with Crippen LogP contribution in [-0.4, -0.2) is 39.6 Å². The highest BCUT2D eigenvalue weighted by molar-refractivity contribution is 6.23. The van der Waals surface area contributed by atoms with Crippen molar-refractivity contribution < 1.29 is 23.7 Å². The summed E-state index contributed by atoms with van der Waals surface area (Å²) in [6, 6.07) is 8.73. The van der Waals surface area contributed by atoms with Crippen LogP contribution in [0.2, 0.25) is 0 Å². The fourth-order valence-electron chi connectivity index (χ4n) is 3.44. The topological polar surface area (TPSA) is 101 Å². The molecule has 9 heteroatoms. The van der Waals surface area contributed by atoms with Crippen molar-refractivity contribution in [3.05, 3.63) is 70.0 Å². The van der Waals surface area contributed by atoms with Gasteiger partial charge in [0.05, 0.1) is 17.0 Å². The van der Waals surface area contributed by atoms with Gasteiger partial charge in [-0.3, -0.25) is 24.5 Å². The van der Waals surface area contributed by atoms with Crippen molar-refractivity contribution in [1.82, 2.24) is 4.90 Å². The van der Waals surface area contributed by atoms with Crippen LogP contribution in [0.25, 0.3) is 0 Å². The molecule has 156 valence electrons. The Kier molecular flexibility index (Phi) is 5.91. The number of imide groups is 1. The van der Waals surface area contributed by atoms with E-state index in [-0.39, 0.29) is 23.4 Å². The van der Waals surface area contributed by atoms with Crippen molar-refractivity contribution in [3.63, 3.8) is 0 Å². The average molecular weight is 413 g/mol. The van der Waals surface area contributed by atoms with E-state index in [0.29, 0.717) is 6.42 Å². The average Bonchev–Trinajstić information content (AvgIpc) is 3.02. The number of amides is 3. The number of hydrogen-bond donors (Lipinski definition) is 0. The standard InChI is InChI=1S/C21H20FN3O5/c1-3-13(2)23(20(27)14-5-4-6-17(11-14)25(29)30)18-12-19(26)24(21(18)28)16-9-7-15(22)8-10-16/h4-11,13,18H,3,12H2,1-2H3. The Morgan fingerprint density at radius 2 is 1.93 bits per heavy atom. The third-order valence-corrected chi connectivity index (χ3v) is 5.15. The normalized spacial score (nSPS) is 17.2. The van der Waals surface area contributed by atoms with Crippen LogP contribution in [0.4, 0.5) is 15.8 Å². The number of nitro groups is 1. The Morgan fingerprint density at radius 3 is 2.53 bits per heavy atom. The molecule has 3 amide bonds. The van der Waals surface area contributed by atoms with Crippen molar-refractivity contribution in [2.45, 2.75) is 38.8 Å². The second kappa shape index (κ2) is 8.40. The van der Waals surface area contributed by atoms with Crippen molar-refractivity contribution in [2.75, 3.05) is 4.90 Å². The molecule has 0 radical (unpaired) electrons. The first kappa shape index (κ1) is 21.1. The molecule has 2 aromatic carbocycles. The summed E-state index contributed by atoms with van der Waals surface area (Å²) in [5.74, 6) is -2.17. The second-order valence-electron chi connectivity index (χ2n) is 7.04. The molecule has 3 rings (SSSR count). The predicted molar refractivity (Wildman–Crippen MR) is 106 cm³/mol. The molecule has 2 aromatic rings. The van der Waals surface area contributed by atoms with Crippen molar-refractivity contribution >= 4 is 29.1 Å². The van der Waals surface area contributed by atoms with Gasteiger partial charge in [0.25, 0.3) is 17.5 Å². The lowest BCUT2D eigenvalue weighted by molar-refractivity contribution is -0.384. The van der Waals surface area contributed by atoms with E-state index < -0.39 is 40.5 Å². The number of benzene rings is 2. The number of nitrogens with zero attached hydrogens (tertiary/aromatic N) is 3. The van der Waals surface area contributed by atoms with Gasteiger partial charge in [-0.05, 0) is 43.7 Å². The summed E-state index contributed by atoms with van der Waals surface area (Å²) in [6.45, 7) is 3.57. The zero-order chi connectivity index (χ0) is 22.0. The molecule has 0 saturated carbocycles. The first-order valence-corrected chi connectivity index (χ1v) is 9.44. The highest BCUT2D eigenvalue weighted by Crippen LogP contribution is 2.29. The minimum atomic E-state index is -1.05. The third-order valence-electron chi connectivity index (χ3n) is 5.15. The Labute approximate surface area is 172 Å². The van der Waals surface area contributed by atoms with Gasteiger partial charge in [0.1, 0.15) is 11.9 Å². The van der Waals surface area contributed by atoms with Gasteiger partial charge in [-0.25, -0.2) is 9.29 Å². The zero-order valence-electron chi connectivity index (χ0n) is 16.4. The van der Waals surface area contributed by atoms with Gasteiger partial charge in [-0.15, -0.1) is 0 Å². The van der Waals surface area contributed by atoms with E-state index in [1.54, 1.807) is 6.92 Å². The van der Waals surface area contributed by atoms with Gasteiger partial charge in [0, 0.05) is 23.7 Å². The number of carbonyl (C=O) groups excluding carboxylic acids is 3. The lowest BCUT2D eigenvalue weighted by atomic mass is 10.1.